The van der Waals surface area contributed by atoms with Crippen LogP contribution in [0.25, 0.3) is 0 Å². The Morgan fingerprint density at radius 3 is 2.44 bits per heavy atom. The summed E-state index contributed by atoms with van der Waals surface area (Å²) >= 11 is 3.56. The number of rotatable bonds is 6. The third-order valence-electron chi connectivity index (χ3n) is 3.86. The molecule has 0 amide bonds. The summed E-state index contributed by atoms with van der Waals surface area (Å²) in [6, 6.07) is 20.4. The largest absolute Gasteiger partial charge is 0.339 e. The average molecular weight is 397 g/mol. The van der Waals surface area contributed by atoms with Crippen LogP contribution in [0.15, 0.2) is 65.1 Å². The highest BCUT2D eigenvalue weighted by molar-refractivity contribution is 9.10. The zero-order valence-corrected chi connectivity index (χ0v) is 16.0. The predicted molar refractivity (Wildman–Crippen MR) is 107 cm³/mol. The van der Waals surface area contributed by atoms with Crippen LogP contribution in [-0.2, 0) is 6.54 Å². The van der Waals surface area contributed by atoms with Crippen molar-refractivity contribution in [2.45, 2.75) is 20.4 Å². The summed E-state index contributed by atoms with van der Waals surface area (Å²) in [5.74, 6) is 1.53. The van der Waals surface area contributed by atoms with E-state index in [0.29, 0.717) is 0 Å². The smallest absolute Gasteiger partial charge is 0.227 e. The fourth-order valence-corrected chi connectivity index (χ4v) is 2.97. The summed E-state index contributed by atoms with van der Waals surface area (Å²) in [6.07, 6.45) is 0. The van der Waals surface area contributed by atoms with Crippen molar-refractivity contribution in [3.8, 4) is 0 Å². The Hall–Kier alpha value is -2.40. The van der Waals surface area contributed by atoms with E-state index in [2.05, 4.69) is 62.3 Å². The lowest BCUT2D eigenvalue weighted by atomic mass is 10.2. The quantitative estimate of drug-likeness (QED) is 0.612. The molecule has 3 aromatic rings. The zero-order valence-electron chi connectivity index (χ0n) is 14.4. The van der Waals surface area contributed by atoms with Crippen molar-refractivity contribution in [2.24, 2.45) is 0 Å². The first-order valence-corrected chi connectivity index (χ1v) is 9.11. The molecule has 0 bridgehead atoms. The number of anilines is 3. The topological polar surface area (TPSA) is 41.1 Å². The molecule has 2 aromatic carbocycles. The van der Waals surface area contributed by atoms with Crippen LogP contribution in [0.2, 0.25) is 0 Å². The highest BCUT2D eigenvalue weighted by Crippen LogP contribution is 2.25. The molecule has 0 saturated carbocycles. The van der Waals surface area contributed by atoms with Crippen molar-refractivity contribution < 1.29 is 0 Å². The van der Waals surface area contributed by atoms with Gasteiger partial charge in [0.05, 0.1) is 5.69 Å². The van der Waals surface area contributed by atoms with E-state index in [1.54, 1.807) is 0 Å². The Kier molecular flexibility index (Phi) is 5.66. The minimum Gasteiger partial charge on any atom is -0.339 e. The molecule has 0 saturated heterocycles. The maximum atomic E-state index is 4.72. The first kappa shape index (κ1) is 17.4. The van der Waals surface area contributed by atoms with E-state index in [4.69, 9.17) is 4.98 Å². The number of nitrogens with one attached hydrogen (secondary N) is 1. The van der Waals surface area contributed by atoms with Crippen LogP contribution in [0.5, 0.6) is 0 Å². The summed E-state index contributed by atoms with van der Waals surface area (Å²) in [4.78, 5) is 11.5. The molecule has 0 aliphatic rings. The van der Waals surface area contributed by atoms with Crippen molar-refractivity contribution in [1.82, 2.24) is 9.97 Å². The van der Waals surface area contributed by atoms with Gasteiger partial charge in [0.2, 0.25) is 5.95 Å². The van der Waals surface area contributed by atoms with E-state index < -0.39 is 0 Å². The number of para-hydroxylation sites is 1. The summed E-state index contributed by atoms with van der Waals surface area (Å²) in [5, 5.41) is 3.37. The molecule has 0 aliphatic carbocycles. The van der Waals surface area contributed by atoms with Crippen LogP contribution in [0, 0.1) is 6.92 Å². The van der Waals surface area contributed by atoms with Gasteiger partial charge >= 0.3 is 0 Å². The first-order chi connectivity index (χ1) is 12.2. The highest BCUT2D eigenvalue weighted by atomic mass is 79.9. The molecule has 1 aromatic heterocycles. The lowest BCUT2D eigenvalue weighted by molar-refractivity contribution is 0.788. The monoisotopic (exact) mass is 396 g/mol. The molecule has 0 spiro atoms. The Morgan fingerprint density at radius 2 is 1.72 bits per heavy atom. The molecule has 0 unspecified atom stereocenters. The number of benzene rings is 2. The van der Waals surface area contributed by atoms with Gasteiger partial charge in [-0.25, -0.2) is 4.98 Å². The number of hydrogen-bond acceptors (Lipinski definition) is 4. The van der Waals surface area contributed by atoms with Crippen LogP contribution in [0.4, 0.5) is 17.5 Å². The van der Waals surface area contributed by atoms with Crippen LogP contribution >= 0.6 is 15.9 Å². The molecule has 3 rings (SSSR count). The van der Waals surface area contributed by atoms with Gasteiger partial charge in [-0.1, -0.05) is 42.5 Å². The molecule has 25 heavy (non-hydrogen) atoms. The minimum atomic E-state index is 0.737. The summed E-state index contributed by atoms with van der Waals surface area (Å²) < 4.78 is 1.00. The third-order valence-corrected chi connectivity index (χ3v) is 4.55. The molecule has 1 heterocycles. The average Bonchev–Trinajstić information content (AvgIpc) is 2.62. The molecule has 128 valence electrons. The maximum absolute atomic E-state index is 4.72. The van der Waals surface area contributed by atoms with Crippen molar-refractivity contribution in [2.75, 3.05) is 16.8 Å². The maximum Gasteiger partial charge on any atom is 0.227 e. The van der Waals surface area contributed by atoms with Crippen LogP contribution in [-0.4, -0.2) is 16.5 Å². The Morgan fingerprint density at radius 1 is 1.00 bits per heavy atom. The SMILES string of the molecule is CCN(Cc1ccccc1)c1nc(C)cc(Nc2ccccc2Br)n1. The Labute approximate surface area is 157 Å². The molecule has 0 aliphatic heterocycles. The normalized spacial score (nSPS) is 10.5. The number of hydrogen-bond donors (Lipinski definition) is 1. The lowest BCUT2D eigenvalue weighted by Crippen LogP contribution is -2.24. The van der Waals surface area contributed by atoms with E-state index in [-0.39, 0.29) is 0 Å². The van der Waals surface area contributed by atoms with Gasteiger partial charge < -0.3 is 10.2 Å². The molecule has 5 heteroatoms. The van der Waals surface area contributed by atoms with Crippen LogP contribution in [0.3, 0.4) is 0 Å². The van der Waals surface area contributed by atoms with E-state index in [9.17, 15) is 0 Å². The van der Waals surface area contributed by atoms with Crippen molar-refractivity contribution >= 4 is 33.4 Å². The Balaban J connectivity index is 1.86. The van der Waals surface area contributed by atoms with Gasteiger partial charge in [0.1, 0.15) is 5.82 Å². The summed E-state index contributed by atoms with van der Waals surface area (Å²) in [5.41, 5.74) is 3.17. The fourth-order valence-electron chi connectivity index (χ4n) is 2.59. The number of aromatic nitrogens is 2. The van der Waals surface area contributed by atoms with Crippen LogP contribution < -0.4 is 10.2 Å². The minimum absolute atomic E-state index is 0.737. The Bertz CT molecular complexity index is 836. The van der Waals surface area contributed by atoms with Gasteiger partial charge in [0, 0.05) is 29.3 Å². The number of halogens is 1. The predicted octanol–water partition coefficient (Wildman–Crippen LogP) is 5.32. The lowest BCUT2D eigenvalue weighted by Gasteiger charge is -2.22. The number of aryl methyl sites for hydroxylation is 1. The second-order valence-electron chi connectivity index (χ2n) is 5.80. The van der Waals surface area contributed by atoms with E-state index >= 15 is 0 Å². The van der Waals surface area contributed by atoms with E-state index in [1.807, 2.05) is 43.3 Å². The summed E-state index contributed by atoms with van der Waals surface area (Å²) in [7, 11) is 0. The molecular weight excluding hydrogens is 376 g/mol. The van der Waals surface area contributed by atoms with Crippen molar-refractivity contribution in [3.63, 3.8) is 0 Å². The second-order valence-corrected chi connectivity index (χ2v) is 6.65. The van der Waals surface area contributed by atoms with Crippen LogP contribution in [0.1, 0.15) is 18.2 Å². The second kappa shape index (κ2) is 8.12. The van der Waals surface area contributed by atoms with E-state index in [1.165, 1.54) is 5.56 Å². The fraction of sp³-hybridized carbons (Fsp3) is 0.200. The van der Waals surface area contributed by atoms with Gasteiger partial charge in [0.25, 0.3) is 0 Å². The van der Waals surface area contributed by atoms with Crippen molar-refractivity contribution in [1.29, 1.82) is 0 Å². The van der Waals surface area contributed by atoms with Gasteiger partial charge in [-0.2, -0.15) is 4.98 Å². The molecule has 0 radical (unpaired) electrons. The number of nitrogens with zero attached hydrogens (tertiary/aromatic N) is 3. The molecular formula is C20H21BrN4. The van der Waals surface area contributed by atoms with Gasteiger partial charge in [0.15, 0.2) is 0 Å². The molecule has 0 atom stereocenters. The zero-order chi connectivity index (χ0) is 17.6. The van der Waals surface area contributed by atoms with Gasteiger partial charge in [-0.15, -0.1) is 0 Å². The first-order valence-electron chi connectivity index (χ1n) is 8.32. The van der Waals surface area contributed by atoms with Gasteiger partial charge in [-0.3, -0.25) is 0 Å². The third kappa shape index (κ3) is 4.57. The molecule has 1 N–H and O–H groups in total. The van der Waals surface area contributed by atoms with E-state index in [0.717, 1.165) is 40.7 Å². The van der Waals surface area contributed by atoms with Crippen molar-refractivity contribution in [3.05, 3.63) is 76.4 Å². The highest BCUT2D eigenvalue weighted by Gasteiger charge is 2.11. The summed E-state index contributed by atoms with van der Waals surface area (Å²) in [6.45, 7) is 5.74. The molecule has 0 fully saturated rings. The standard InChI is InChI=1S/C20H21BrN4/c1-3-25(14-16-9-5-4-6-10-16)20-22-15(2)13-19(24-20)23-18-12-8-7-11-17(18)21/h4-13H,3,14H2,1-2H3,(H,22,23,24). The van der Waals surface area contributed by atoms with Gasteiger partial charge in [-0.05, 0) is 47.5 Å². The molecule has 4 nitrogen and oxygen atoms in total.